The van der Waals surface area contributed by atoms with Gasteiger partial charge in [-0.25, -0.2) is 0 Å². The number of likely N-dealkylation sites (N-methyl/N-ethyl adjacent to an activating group) is 1. The molecule has 0 aliphatic rings. The Morgan fingerprint density at radius 3 is 1.83 bits per heavy atom. The zero-order valence-electron chi connectivity index (χ0n) is 10.6. The molecule has 94 valence electrons. The van der Waals surface area contributed by atoms with Gasteiger partial charge in [0, 0.05) is 12.0 Å². The van der Waals surface area contributed by atoms with Crippen molar-refractivity contribution in [3.8, 4) is 0 Å². The van der Waals surface area contributed by atoms with Gasteiger partial charge in [-0.2, -0.15) is 0 Å². The van der Waals surface area contributed by atoms with E-state index in [9.17, 15) is 5.11 Å². The lowest BCUT2D eigenvalue weighted by Gasteiger charge is -2.26. The Morgan fingerprint density at radius 2 is 1.39 bits per heavy atom. The molecule has 0 aliphatic carbocycles. The smallest absolute Gasteiger partial charge is 0.0518 e. The Balaban J connectivity index is 2.31. The molecule has 2 nitrogen and oxygen atoms in total. The molecule has 0 spiro atoms. The molecule has 2 unspecified atom stereocenters. The molecule has 0 radical (unpaired) electrons. The van der Waals surface area contributed by atoms with Gasteiger partial charge in [0.05, 0.1) is 6.61 Å². The third-order valence-corrected chi connectivity index (χ3v) is 3.30. The summed E-state index contributed by atoms with van der Waals surface area (Å²) in [4.78, 5) is 0. The van der Waals surface area contributed by atoms with Gasteiger partial charge in [-0.3, -0.25) is 0 Å². The van der Waals surface area contributed by atoms with Crippen LogP contribution in [0.15, 0.2) is 60.7 Å². The van der Waals surface area contributed by atoms with Crippen molar-refractivity contribution in [2.45, 2.75) is 12.0 Å². The van der Waals surface area contributed by atoms with Crippen LogP contribution in [0.25, 0.3) is 0 Å². The van der Waals surface area contributed by atoms with Gasteiger partial charge in [-0.15, -0.1) is 0 Å². The number of nitrogens with one attached hydrogen (secondary N) is 1. The van der Waals surface area contributed by atoms with Crippen molar-refractivity contribution in [3.05, 3.63) is 71.8 Å². The van der Waals surface area contributed by atoms with Crippen LogP contribution < -0.4 is 5.32 Å². The zero-order valence-corrected chi connectivity index (χ0v) is 10.6. The minimum atomic E-state index is 0.0681. The van der Waals surface area contributed by atoms with Crippen LogP contribution in [0.3, 0.4) is 0 Å². The second-order valence-electron chi connectivity index (χ2n) is 4.38. The van der Waals surface area contributed by atoms with Crippen LogP contribution in [0.1, 0.15) is 23.1 Å². The van der Waals surface area contributed by atoms with Gasteiger partial charge < -0.3 is 10.4 Å². The van der Waals surface area contributed by atoms with E-state index in [4.69, 9.17) is 0 Å². The molecule has 0 aliphatic heterocycles. The Bertz CT molecular complexity index is 410. The largest absolute Gasteiger partial charge is 0.396 e. The van der Waals surface area contributed by atoms with Crippen LogP contribution in [0.2, 0.25) is 0 Å². The molecule has 2 aromatic carbocycles. The summed E-state index contributed by atoms with van der Waals surface area (Å²) in [6, 6.07) is 20.5. The predicted molar refractivity (Wildman–Crippen MR) is 74.5 cm³/mol. The van der Waals surface area contributed by atoms with E-state index in [1.165, 1.54) is 5.56 Å². The zero-order chi connectivity index (χ0) is 12.8. The number of hydrogen-bond acceptors (Lipinski definition) is 2. The molecule has 0 fully saturated rings. The molecule has 2 rings (SSSR count). The van der Waals surface area contributed by atoms with Crippen LogP contribution in [-0.2, 0) is 0 Å². The van der Waals surface area contributed by atoms with Crippen molar-refractivity contribution in [1.82, 2.24) is 5.32 Å². The first kappa shape index (κ1) is 12.8. The second-order valence-corrected chi connectivity index (χ2v) is 4.38. The van der Waals surface area contributed by atoms with Gasteiger partial charge in [-0.1, -0.05) is 60.7 Å². The van der Waals surface area contributed by atoms with Crippen molar-refractivity contribution in [2.24, 2.45) is 0 Å². The highest BCUT2D eigenvalue weighted by molar-refractivity contribution is 5.28. The van der Waals surface area contributed by atoms with Crippen LogP contribution in [0, 0.1) is 0 Å². The molecule has 2 aromatic rings. The lowest BCUT2D eigenvalue weighted by atomic mass is 9.88. The number of benzene rings is 2. The summed E-state index contributed by atoms with van der Waals surface area (Å²) in [5.41, 5.74) is 2.35. The van der Waals surface area contributed by atoms with Gasteiger partial charge >= 0.3 is 0 Å². The first-order valence-corrected chi connectivity index (χ1v) is 6.25. The van der Waals surface area contributed by atoms with Gasteiger partial charge in [0.25, 0.3) is 0 Å². The molecule has 0 amide bonds. The maximum Gasteiger partial charge on any atom is 0.0518 e. The molecule has 2 N–H and O–H groups in total. The summed E-state index contributed by atoms with van der Waals surface area (Å²) >= 11 is 0. The molecular weight excluding hydrogens is 222 g/mol. The van der Waals surface area contributed by atoms with Crippen LogP contribution >= 0.6 is 0 Å². The van der Waals surface area contributed by atoms with E-state index in [0.717, 1.165) is 5.56 Å². The van der Waals surface area contributed by atoms with E-state index in [1.54, 1.807) is 0 Å². The normalized spacial score (nSPS) is 14.1. The third kappa shape index (κ3) is 2.78. The monoisotopic (exact) mass is 241 g/mol. The van der Waals surface area contributed by atoms with Crippen molar-refractivity contribution >= 4 is 0 Å². The summed E-state index contributed by atoms with van der Waals surface area (Å²) in [5, 5.41) is 13.0. The topological polar surface area (TPSA) is 32.3 Å². The van der Waals surface area contributed by atoms with E-state index in [2.05, 4.69) is 29.6 Å². The Morgan fingerprint density at radius 1 is 0.889 bits per heavy atom. The Hall–Kier alpha value is -1.64. The molecule has 18 heavy (non-hydrogen) atoms. The number of aliphatic hydroxyl groups excluding tert-OH is 1. The summed E-state index contributed by atoms with van der Waals surface area (Å²) in [6.45, 7) is 0.129. The first-order chi connectivity index (χ1) is 8.86. The van der Waals surface area contributed by atoms with Crippen LogP contribution in [0.5, 0.6) is 0 Å². The van der Waals surface area contributed by atoms with Gasteiger partial charge in [-0.05, 0) is 18.2 Å². The van der Waals surface area contributed by atoms with Crippen molar-refractivity contribution in [1.29, 1.82) is 0 Å². The average molecular weight is 241 g/mol. The standard InChI is InChI=1S/C16H19NO/c1-17-16(14-10-6-3-7-11-14)15(12-18)13-8-4-2-5-9-13/h2-11,15-18H,12H2,1H3. The van der Waals surface area contributed by atoms with Crippen molar-refractivity contribution in [3.63, 3.8) is 0 Å². The second kappa shape index (κ2) is 6.34. The molecule has 0 aromatic heterocycles. The van der Waals surface area contributed by atoms with E-state index in [1.807, 2.05) is 43.4 Å². The van der Waals surface area contributed by atoms with Gasteiger partial charge in [0.15, 0.2) is 0 Å². The van der Waals surface area contributed by atoms with E-state index in [0.29, 0.717) is 0 Å². The Kier molecular flexibility index (Phi) is 4.51. The van der Waals surface area contributed by atoms with E-state index < -0.39 is 0 Å². The molecule has 0 heterocycles. The lowest BCUT2D eigenvalue weighted by Crippen LogP contribution is -2.26. The molecule has 0 saturated heterocycles. The minimum Gasteiger partial charge on any atom is -0.396 e. The van der Waals surface area contributed by atoms with Gasteiger partial charge in [0.1, 0.15) is 0 Å². The highest BCUT2D eigenvalue weighted by Gasteiger charge is 2.22. The maximum atomic E-state index is 9.70. The fourth-order valence-electron chi connectivity index (χ4n) is 2.36. The number of hydrogen-bond donors (Lipinski definition) is 2. The van der Waals surface area contributed by atoms with Crippen LogP contribution in [-0.4, -0.2) is 18.8 Å². The lowest BCUT2D eigenvalue weighted by molar-refractivity contribution is 0.239. The van der Waals surface area contributed by atoms with Gasteiger partial charge in [0.2, 0.25) is 0 Å². The predicted octanol–water partition coefficient (Wildman–Crippen LogP) is 2.72. The van der Waals surface area contributed by atoms with E-state index in [-0.39, 0.29) is 18.6 Å². The average Bonchev–Trinajstić information content (AvgIpc) is 2.46. The summed E-state index contributed by atoms with van der Waals surface area (Å²) in [7, 11) is 1.93. The SMILES string of the molecule is CNC(c1ccccc1)C(CO)c1ccccc1. The summed E-state index contributed by atoms with van der Waals surface area (Å²) < 4.78 is 0. The molecule has 0 saturated carbocycles. The highest BCUT2D eigenvalue weighted by Crippen LogP contribution is 2.30. The molecular formula is C16H19NO. The number of aliphatic hydroxyl groups is 1. The number of rotatable bonds is 5. The van der Waals surface area contributed by atoms with E-state index >= 15 is 0 Å². The Labute approximate surface area is 108 Å². The van der Waals surface area contributed by atoms with Crippen molar-refractivity contribution < 1.29 is 5.11 Å². The summed E-state index contributed by atoms with van der Waals surface area (Å²) in [6.07, 6.45) is 0. The maximum absolute atomic E-state index is 9.70. The van der Waals surface area contributed by atoms with Crippen molar-refractivity contribution in [2.75, 3.05) is 13.7 Å². The first-order valence-electron chi connectivity index (χ1n) is 6.25. The minimum absolute atomic E-state index is 0.0681. The fourth-order valence-corrected chi connectivity index (χ4v) is 2.36. The highest BCUT2D eigenvalue weighted by atomic mass is 16.3. The third-order valence-electron chi connectivity index (χ3n) is 3.30. The molecule has 0 bridgehead atoms. The molecule has 2 atom stereocenters. The summed E-state index contributed by atoms with van der Waals surface area (Å²) in [5.74, 6) is 0.0681. The quantitative estimate of drug-likeness (QED) is 0.843. The molecule has 2 heteroatoms. The van der Waals surface area contributed by atoms with Crippen LogP contribution in [0.4, 0.5) is 0 Å². The fraction of sp³-hybridized carbons (Fsp3) is 0.250.